The first-order chi connectivity index (χ1) is 9.74. The van der Waals surface area contributed by atoms with Gasteiger partial charge in [-0.15, -0.1) is 0 Å². The van der Waals surface area contributed by atoms with E-state index in [1.807, 2.05) is 55.5 Å². The predicted molar refractivity (Wildman–Crippen MR) is 92.7 cm³/mol. The molecule has 0 saturated heterocycles. The van der Waals surface area contributed by atoms with E-state index in [0.29, 0.717) is 0 Å². The Morgan fingerprint density at radius 3 is 1.90 bits per heavy atom. The minimum absolute atomic E-state index is 1.07. The highest BCUT2D eigenvalue weighted by atomic mass is 13.9. The Morgan fingerprint density at radius 2 is 1.50 bits per heavy atom. The molecule has 0 bridgehead atoms. The number of hydrogen-bond donors (Lipinski definition) is 0. The lowest BCUT2D eigenvalue weighted by atomic mass is 10.1. The second kappa shape index (κ2) is 13.4. The van der Waals surface area contributed by atoms with E-state index in [1.54, 1.807) is 6.08 Å². The Kier molecular flexibility index (Phi) is 12.0. The average molecular weight is 266 g/mol. The topological polar surface area (TPSA) is 0 Å². The molecule has 1 aromatic rings. The van der Waals surface area contributed by atoms with Gasteiger partial charge >= 0.3 is 0 Å². The third-order valence-electron chi connectivity index (χ3n) is 2.51. The van der Waals surface area contributed by atoms with Gasteiger partial charge in [-0.05, 0) is 18.9 Å². The minimum atomic E-state index is 1.07. The van der Waals surface area contributed by atoms with Gasteiger partial charge in [0.2, 0.25) is 0 Å². The van der Waals surface area contributed by atoms with Gasteiger partial charge in [0.25, 0.3) is 0 Å². The van der Waals surface area contributed by atoms with Crippen LogP contribution in [0, 0.1) is 0 Å². The molecule has 0 radical (unpaired) electrons. The summed E-state index contributed by atoms with van der Waals surface area (Å²) in [7, 11) is 0. The van der Waals surface area contributed by atoms with Crippen LogP contribution in [-0.4, -0.2) is 0 Å². The van der Waals surface area contributed by atoms with E-state index >= 15 is 0 Å². The van der Waals surface area contributed by atoms with Crippen LogP contribution in [0.3, 0.4) is 0 Å². The number of allylic oxidation sites excluding steroid dienone is 8. The first-order valence-corrected chi connectivity index (χ1v) is 7.05. The van der Waals surface area contributed by atoms with Gasteiger partial charge in [0.05, 0.1) is 0 Å². The van der Waals surface area contributed by atoms with Crippen molar-refractivity contribution in [3.8, 4) is 0 Å². The van der Waals surface area contributed by atoms with Gasteiger partial charge < -0.3 is 0 Å². The number of hydrogen-bond acceptors (Lipinski definition) is 0. The third kappa shape index (κ3) is 11.0. The lowest BCUT2D eigenvalue weighted by Crippen LogP contribution is -1.75. The first kappa shape index (κ1) is 17.9. The monoisotopic (exact) mass is 266 g/mol. The van der Waals surface area contributed by atoms with E-state index in [0.717, 1.165) is 12.8 Å². The van der Waals surface area contributed by atoms with Crippen LogP contribution in [0.2, 0.25) is 0 Å². The molecule has 0 aromatic heterocycles. The highest BCUT2D eigenvalue weighted by Gasteiger charge is 1.86. The van der Waals surface area contributed by atoms with Crippen molar-refractivity contribution in [2.75, 3.05) is 0 Å². The van der Waals surface area contributed by atoms with Crippen molar-refractivity contribution in [2.45, 2.75) is 26.7 Å². The number of rotatable bonds is 6. The molecule has 0 aliphatic heterocycles. The fourth-order valence-corrected chi connectivity index (χ4v) is 1.43. The second-order valence-electron chi connectivity index (χ2n) is 4.28. The van der Waals surface area contributed by atoms with Gasteiger partial charge in [0.15, 0.2) is 0 Å². The van der Waals surface area contributed by atoms with Crippen LogP contribution >= 0.6 is 0 Å². The summed E-state index contributed by atoms with van der Waals surface area (Å²) in [6.45, 7) is 11.8. The highest BCUT2D eigenvalue weighted by molar-refractivity contribution is 5.34. The summed E-state index contributed by atoms with van der Waals surface area (Å²) >= 11 is 0. The zero-order chi connectivity index (χ0) is 15.1. The van der Waals surface area contributed by atoms with E-state index < -0.39 is 0 Å². The quantitative estimate of drug-likeness (QED) is 0.532. The fraction of sp³-hybridized carbons (Fsp3) is 0.200. The molecule has 0 atom stereocenters. The molecule has 0 heterocycles. The van der Waals surface area contributed by atoms with Gasteiger partial charge in [0, 0.05) is 0 Å². The second-order valence-corrected chi connectivity index (χ2v) is 4.28. The SMILES string of the molecule is C=C\C=C/C(/C=C/C(=C)CCC)=C\C.c1ccccc1. The maximum Gasteiger partial charge on any atom is -0.0287 e. The smallest absolute Gasteiger partial charge is 0.0287 e. The molecule has 1 aromatic carbocycles. The Morgan fingerprint density at radius 1 is 0.950 bits per heavy atom. The summed E-state index contributed by atoms with van der Waals surface area (Å²) in [6, 6.07) is 12.0. The largest absolute Gasteiger partial charge is 0.0991 e. The van der Waals surface area contributed by atoms with Crippen LogP contribution in [0.4, 0.5) is 0 Å². The molecular weight excluding hydrogens is 240 g/mol. The van der Waals surface area contributed by atoms with Crippen molar-refractivity contribution >= 4 is 0 Å². The molecule has 0 amide bonds. The molecule has 0 heteroatoms. The summed E-state index contributed by atoms with van der Waals surface area (Å²) in [5, 5.41) is 0. The van der Waals surface area contributed by atoms with Crippen LogP contribution in [0.1, 0.15) is 26.7 Å². The molecule has 0 spiro atoms. The van der Waals surface area contributed by atoms with Gasteiger partial charge in [-0.25, -0.2) is 0 Å². The lowest BCUT2D eigenvalue weighted by Gasteiger charge is -1.95. The van der Waals surface area contributed by atoms with Crippen molar-refractivity contribution in [2.24, 2.45) is 0 Å². The third-order valence-corrected chi connectivity index (χ3v) is 2.51. The molecule has 0 fully saturated rings. The molecule has 0 saturated carbocycles. The van der Waals surface area contributed by atoms with Crippen molar-refractivity contribution in [3.63, 3.8) is 0 Å². The Hall–Kier alpha value is -2.08. The molecule has 20 heavy (non-hydrogen) atoms. The fourth-order valence-electron chi connectivity index (χ4n) is 1.43. The Labute approximate surface area is 124 Å². The Bertz CT molecular complexity index is 417. The van der Waals surface area contributed by atoms with Crippen molar-refractivity contribution in [1.29, 1.82) is 0 Å². The summed E-state index contributed by atoms with van der Waals surface area (Å²) in [4.78, 5) is 0. The van der Waals surface area contributed by atoms with E-state index in [2.05, 4.69) is 38.3 Å². The minimum Gasteiger partial charge on any atom is -0.0991 e. The molecule has 0 nitrogen and oxygen atoms in total. The molecular formula is C20H26. The average Bonchev–Trinajstić information content (AvgIpc) is 2.50. The maximum absolute atomic E-state index is 3.97. The van der Waals surface area contributed by atoms with Gasteiger partial charge in [-0.3, -0.25) is 0 Å². The predicted octanol–water partition coefficient (Wildman–Crippen LogP) is 6.27. The maximum atomic E-state index is 3.97. The highest BCUT2D eigenvalue weighted by Crippen LogP contribution is 2.07. The van der Waals surface area contributed by atoms with Crippen molar-refractivity contribution < 1.29 is 0 Å². The summed E-state index contributed by atoms with van der Waals surface area (Å²) in [5.74, 6) is 0. The van der Waals surface area contributed by atoms with Crippen molar-refractivity contribution in [3.05, 3.63) is 97.2 Å². The molecule has 106 valence electrons. The summed E-state index contributed by atoms with van der Waals surface area (Å²) < 4.78 is 0. The zero-order valence-electron chi connectivity index (χ0n) is 12.8. The van der Waals surface area contributed by atoms with Crippen LogP contribution < -0.4 is 0 Å². The first-order valence-electron chi connectivity index (χ1n) is 7.05. The number of benzene rings is 1. The van der Waals surface area contributed by atoms with Crippen LogP contribution in [0.25, 0.3) is 0 Å². The van der Waals surface area contributed by atoms with Crippen LogP contribution in [0.15, 0.2) is 97.2 Å². The summed E-state index contributed by atoms with van der Waals surface area (Å²) in [5.41, 5.74) is 2.36. The molecule has 0 aliphatic carbocycles. The Balaban J connectivity index is 0.000000493. The molecule has 0 N–H and O–H groups in total. The van der Waals surface area contributed by atoms with Gasteiger partial charge in [-0.1, -0.05) is 105 Å². The van der Waals surface area contributed by atoms with Gasteiger partial charge in [0.1, 0.15) is 0 Å². The normalized spacial score (nSPS) is 11.2. The van der Waals surface area contributed by atoms with Crippen LogP contribution in [-0.2, 0) is 0 Å². The molecule has 0 aliphatic rings. The molecule has 0 unspecified atom stereocenters. The van der Waals surface area contributed by atoms with E-state index in [1.165, 1.54) is 11.1 Å². The molecule has 1 rings (SSSR count). The lowest BCUT2D eigenvalue weighted by molar-refractivity contribution is 0.930. The van der Waals surface area contributed by atoms with Gasteiger partial charge in [-0.2, -0.15) is 0 Å². The standard InChI is InChI=1S/C14H20.C6H6/c1-5-8-10-14(7-3)12-11-13(4)9-6-2;1-2-4-6-5-3-1/h5,7-8,10-12H,1,4,6,9H2,2-3H3;1-6H/b10-8-,12-11+,14-7+;. The van der Waals surface area contributed by atoms with E-state index in [-0.39, 0.29) is 0 Å². The van der Waals surface area contributed by atoms with E-state index in [9.17, 15) is 0 Å². The van der Waals surface area contributed by atoms with E-state index in [4.69, 9.17) is 0 Å². The van der Waals surface area contributed by atoms with Crippen molar-refractivity contribution in [1.82, 2.24) is 0 Å². The van der Waals surface area contributed by atoms with Crippen LogP contribution in [0.5, 0.6) is 0 Å². The summed E-state index contributed by atoms with van der Waals surface area (Å²) in [6.07, 6.45) is 14.2. The zero-order valence-corrected chi connectivity index (χ0v) is 12.8.